The molecule has 0 spiro atoms. The van der Waals surface area contributed by atoms with Crippen molar-refractivity contribution in [3.63, 3.8) is 0 Å². The normalized spacial score (nSPS) is 11.2. The van der Waals surface area contributed by atoms with Crippen LogP contribution < -0.4 is 10.6 Å². The monoisotopic (exact) mass is 284 g/mol. The van der Waals surface area contributed by atoms with Crippen molar-refractivity contribution in [1.29, 1.82) is 0 Å². The Morgan fingerprint density at radius 3 is 2.70 bits per heavy atom. The van der Waals surface area contributed by atoms with Crippen LogP contribution in [0.1, 0.15) is 11.1 Å². The molecule has 0 amide bonds. The van der Waals surface area contributed by atoms with Crippen molar-refractivity contribution >= 4 is 29.0 Å². The predicted octanol–water partition coefficient (Wildman–Crippen LogP) is 2.56. The Morgan fingerprint density at radius 2 is 1.90 bits per heavy atom. The molecule has 0 aliphatic carbocycles. The number of benzene rings is 2. The average molecular weight is 284 g/mol. The van der Waals surface area contributed by atoms with E-state index in [1.807, 2.05) is 42.5 Å². The second-order valence-corrected chi connectivity index (χ2v) is 4.75. The maximum absolute atomic E-state index is 5.73. The highest BCUT2D eigenvalue weighted by molar-refractivity contribution is 7.00. The summed E-state index contributed by atoms with van der Waals surface area (Å²) in [7, 11) is 0. The molecule has 3 aromatic rings. The molecular weight excluding hydrogens is 272 g/mol. The third-order valence-corrected chi connectivity index (χ3v) is 3.38. The molecule has 20 heavy (non-hydrogen) atoms. The molecule has 0 bridgehead atoms. The molecule has 1 heterocycles. The largest absolute Gasteiger partial charge is 0.489 e. The van der Waals surface area contributed by atoms with Crippen LogP contribution in [0.15, 0.2) is 47.6 Å². The first-order valence-electron chi connectivity index (χ1n) is 6.02. The number of hydrazone groups is 1. The van der Waals surface area contributed by atoms with E-state index in [0.717, 1.165) is 27.9 Å². The zero-order chi connectivity index (χ0) is 13.8. The van der Waals surface area contributed by atoms with Gasteiger partial charge in [-0.05, 0) is 47.5 Å². The lowest BCUT2D eigenvalue weighted by Gasteiger charge is -2.06. The molecule has 3 rings (SSSR count). The van der Waals surface area contributed by atoms with Gasteiger partial charge in [-0.2, -0.15) is 13.8 Å². The fraction of sp³-hybridized carbons (Fsp3) is 0.0714. The number of nitrogens with zero attached hydrogens (tertiary/aromatic N) is 3. The zero-order valence-corrected chi connectivity index (χ0v) is 11.4. The van der Waals surface area contributed by atoms with Crippen molar-refractivity contribution in [1.82, 2.24) is 8.75 Å². The topological polar surface area (TPSA) is 73.4 Å². The van der Waals surface area contributed by atoms with Gasteiger partial charge in [-0.25, -0.2) is 0 Å². The van der Waals surface area contributed by atoms with Crippen molar-refractivity contribution < 1.29 is 4.74 Å². The van der Waals surface area contributed by atoms with Crippen molar-refractivity contribution in [2.75, 3.05) is 0 Å². The van der Waals surface area contributed by atoms with E-state index in [-0.39, 0.29) is 0 Å². The summed E-state index contributed by atoms with van der Waals surface area (Å²) >= 11 is 1.22. The van der Waals surface area contributed by atoms with Crippen LogP contribution in [0.25, 0.3) is 11.0 Å². The fourth-order valence-electron chi connectivity index (χ4n) is 1.82. The van der Waals surface area contributed by atoms with E-state index >= 15 is 0 Å². The first-order valence-corrected chi connectivity index (χ1v) is 6.75. The Labute approximate surface area is 120 Å². The summed E-state index contributed by atoms with van der Waals surface area (Å²) in [4.78, 5) is 0. The minimum atomic E-state index is 0.498. The maximum Gasteiger partial charge on any atom is 0.119 e. The number of hydrogen-bond donors (Lipinski definition) is 1. The van der Waals surface area contributed by atoms with Crippen LogP contribution in [0, 0.1) is 0 Å². The molecule has 0 saturated carbocycles. The molecular formula is C14H12N4OS. The molecule has 2 aromatic carbocycles. The van der Waals surface area contributed by atoms with Crippen LogP contribution >= 0.6 is 11.7 Å². The number of fused-ring (bicyclic) bond motifs is 1. The molecule has 6 heteroatoms. The Hall–Kier alpha value is -2.47. The van der Waals surface area contributed by atoms with E-state index in [2.05, 4.69) is 13.8 Å². The average Bonchev–Trinajstić information content (AvgIpc) is 2.94. The highest BCUT2D eigenvalue weighted by Crippen LogP contribution is 2.17. The molecule has 100 valence electrons. The minimum Gasteiger partial charge on any atom is -0.489 e. The zero-order valence-electron chi connectivity index (χ0n) is 10.6. The number of rotatable bonds is 4. The standard InChI is InChI=1S/C14H12N4OS/c15-16-8-10-1-4-12(5-2-10)19-9-11-3-6-13-14(7-11)18-20-17-13/h1-8H,9,15H2. The molecule has 0 radical (unpaired) electrons. The first-order chi connectivity index (χ1) is 9.85. The summed E-state index contributed by atoms with van der Waals surface area (Å²) in [5.74, 6) is 5.90. The van der Waals surface area contributed by atoms with Gasteiger partial charge in [-0.1, -0.05) is 6.07 Å². The van der Waals surface area contributed by atoms with Gasteiger partial charge in [0.2, 0.25) is 0 Å². The second kappa shape index (κ2) is 5.66. The van der Waals surface area contributed by atoms with Crippen molar-refractivity contribution in [3.05, 3.63) is 53.6 Å². The van der Waals surface area contributed by atoms with Gasteiger partial charge >= 0.3 is 0 Å². The van der Waals surface area contributed by atoms with Crippen LogP contribution in [0.2, 0.25) is 0 Å². The fourth-order valence-corrected chi connectivity index (χ4v) is 2.34. The summed E-state index contributed by atoms with van der Waals surface area (Å²) in [5, 5.41) is 3.48. The van der Waals surface area contributed by atoms with Crippen LogP contribution in [0.3, 0.4) is 0 Å². The van der Waals surface area contributed by atoms with E-state index in [1.54, 1.807) is 6.21 Å². The third kappa shape index (κ3) is 2.75. The molecule has 0 saturated heterocycles. The SMILES string of the molecule is NN=Cc1ccc(OCc2ccc3nsnc3c2)cc1. The van der Waals surface area contributed by atoms with Gasteiger partial charge in [0.05, 0.1) is 17.9 Å². The summed E-state index contributed by atoms with van der Waals surface area (Å²) in [6, 6.07) is 13.5. The molecule has 2 N–H and O–H groups in total. The maximum atomic E-state index is 5.73. The van der Waals surface area contributed by atoms with Crippen molar-refractivity contribution in [2.45, 2.75) is 6.61 Å². The van der Waals surface area contributed by atoms with E-state index in [1.165, 1.54) is 11.7 Å². The minimum absolute atomic E-state index is 0.498. The van der Waals surface area contributed by atoms with Gasteiger partial charge in [-0.15, -0.1) is 0 Å². The Balaban J connectivity index is 1.68. The van der Waals surface area contributed by atoms with Gasteiger partial charge in [-0.3, -0.25) is 0 Å². The summed E-state index contributed by atoms with van der Waals surface area (Å²) < 4.78 is 14.1. The number of aromatic nitrogens is 2. The molecule has 1 aromatic heterocycles. The highest BCUT2D eigenvalue weighted by atomic mass is 32.1. The Morgan fingerprint density at radius 1 is 1.10 bits per heavy atom. The van der Waals surface area contributed by atoms with Gasteiger partial charge in [0.15, 0.2) is 0 Å². The Kier molecular flexibility index (Phi) is 3.56. The van der Waals surface area contributed by atoms with Crippen molar-refractivity contribution in [3.8, 4) is 5.75 Å². The van der Waals surface area contributed by atoms with Gasteiger partial charge < -0.3 is 10.6 Å². The van der Waals surface area contributed by atoms with Crippen LogP contribution in [-0.2, 0) is 6.61 Å². The summed E-state index contributed by atoms with van der Waals surface area (Å²) in [5.41, 5.74) is 3.84. The first kappa shape index (κ1) is 12.6. The van der Waals surface area contributed by atoms with Crippen LogP contribution in [-0.4, -0.2) is 15.0 Å². The summed E-state index contributed by atoms with van der Waals surface area (Å²) in [6.45, 7) is 0.498. The van der Waals surface area contributed by atoms with Gasteiger partial charge in [0.25, 0.3) is 0 Å². The van der Waals surface area contributed by atoms with Gasteiger partial charge in [0, 0.05) is 0 Å². The third-order valence-electron chi connectivity index (χ3n) is 2.83. The van der Waals surface area contributed by atoms with E-state index in [9.17, 15) is 0 Å². The lowest BCUT2D eigenvalue weighted by Crippen LogP contribution is -1.95. The smallest absolute Gasteiger partial charge is 0.119 e. The highest BCUT2D eigenvalue weighted by Gasteiger charge is 2.01. The van der Waals surface area contributed by atoms with Crippen LogP contribution in [0.4, 0.5) is 0 Å². The second-order valence-electron chi connectivity index (χ2n) is 4.22. The lowest BCUT2D eigenvalue weighted by atomic mass is 10.2. The molecule has 0 aliphatic rings. The quantitative estimate of drug-likeness (QED) is 0.454. The predicted molar refractivity (Wildman–Crippen MR) is 80.0 cm³/mol. The van der Waals surface area contributed by atoms with E-state index < -0.39 is 0 Å². The van der Waals surface area contributed by atoms with Crippen LogP contribution in [0.5, 0.6) is 5.75 Å². The number of nitrogens with two attached hydrogens (primary N) is 1. The van der Waals surface area contributed by atoms with E-state index in [0.29, 0.717) is 6.61 Å². The lowest BCUT2D eigenvalue weighted by molar-refractivity contribution is 0.306. The Bertz CT molecular complexity index is 736. The molecule has 0 aliphatic heterocycles. The molecule has 0 fully saturated rings. The number of ether oxygens (including phenoxy) is 1. The van der Waals surface area contributed by atoms with E-state index in [4.69, 9.17) is 10.6 Å². The molecule has 0 atom stereocenters. The van der Waals surface area contributed by atoms with Crippen molar-refractivity contribution in [2.24, 2.45) is 10.9 Å². The van der Waals surface area contributed by atoms with Gasteiger partial charge in [0.1, 0.15) is 23.4 Å². The molecule has 0 unspecified atom stereocenters. The number of hydrogen-bond acceptors (Lipinski definition) is 6. The molecule has 5 nitrogen and oxygen atoms in total. The summed E-state index contributed by atoms with van der Waals surface area (Å²) in [6.07, 6.45) is 1.59.